The van der Waals surface area contributed by atoms with E-state index in [-0.39, 0.29) is 6.04 Å². The molecule has 0 amide bonds. The van der Waals surface area contributed by atoms with E-state index in [0.29, 0.717) is 19.0 Å². The zero-order valence-electron chi connectivity index (χ0n) is 9.98. The van der Waals surface area contributed by atoms with E-state index in [1.807, 2.05) is 0 Å². The molecule has 1 N–H and O–H groups in total. The van der Waals surface area contributed by atoms with Crippen LogP contribution in [0.15, 0.2) is 0 Å². The highest BCUT2D eigenvalue weighted by molar-refractivity contribution is 7.87. The first-order valence-corrected chi connectivity index (χ1v) is 7.81. The van der Waals surface area contributed by atoms with Gasteiger partial charge in [0.2, 0.25) is 0 Å². The SMILES string of the molecule is CC1CCCCC1NS(=O)(=O)N1CCCC1. The van der Waals surface area contributed by atoms with Crippen molar-refractivity contribution in [2.45, 2.75) is 51.5 Å². The monoisotopic (exact) mass is 246 g/mol. The van der Waals surface area contributed by atoms with Crippen LogP contribution in [-0.4, -0.2) is 31.9 Å². The highest BCUT2D eigenvalue weighted by Gasteiger charge is 2.30. The van der Waals surface area contributed by atoms with Crippen molar-refractivity contribution < 1.29 is 8.42 Å². The number of nitrogens with zero attached hydrogens (tertiary/aromatic N) is 1. The molecule has 2 rings (SSSR count). The zero-order chi connectivity index (χ0) is 11.6. The molecule has 5 heteroatoms. The molecule has 0 aromatic rings. The highest BCUT2D eigenvalue weighted by Crippen LogP contribution is 2.25. The van der Waals surface area contributed by atoms with Gasteiger partial charge in [-0.05, 0) is 31.6 Å². The summed E-state index contributed by atoms with van der Waals surface area (Å²) in [5.41, 5.74) is 0. The van der Waals surface area contributed by atoms with E-state index in [4.69, 9.17) is 0 Å². The summed E-state index contributed by atoms with van der Waals surface area (Å²) in [6, 6.07) is 0.152. The van der Waals surface area contributed by atoms with Crippen LogP contribution in [0.25, 0.3) is 0 Å². The lowest BCUT2D eigenvalue weighted by atomic mass is 9.87. The van der Waals surface area contributed by atoms with Crippen LogP contribution in [0.2, 0.25) is 0 Å². The fraction of sp³-hybridized carbons (Fsp3) is 1.00. The Labute approximate surface area is 98.6 Å². The van der Waals surface area contributed by atoms with Gasteiger partial charge in [-0.15, -0.1) is 0 Å². The van der Waals surface area contributed by atoms with Gasteiger partial charge in [0.1, 0.15) is 0 Å². The molecule has 2 unspecified atom stereocenters. The molecule has 0 aromatic heterocycles. The van der Waals surface area contributed by atoms with Gasteiger partial charge in [-0.3, -0.25) is 0 Å². The highest BCUT2D eigenvalue weighted by atomic mass is 32.2. The lowest BCUT2D eigenvalue weighted by Gasteiger charge is -2.30. The van der Waals surface area contributed by atoms with Gasteiger partial charge >= 0.3 is 0 Å². The summed E-state index contributed by atoms with van der Waals surface area (Å²) in [4.78, 5) is 0. The molecule has 1 heterocycles. The van der Waals surface area contributed by atoms with Crippen LogP contribution in [0.5, 0.6) is 0 Å². The summed E-state index contributed by atoms with van der Waals surface area (Å²) in [7, 11) is -3.21. The van der Waals surface area contributed by atoms with Crippen molar-refractivity contribution in [1.29, 1.82) is 0 Å². The molecule has 94 valence electrons. The van der Waals surface area contributed by atoms with Crippen molar-refractivity contribution in [2.24, 2.45) is 5.92 Å². The zero-order valence-corrected chi connectivity index (χ0v) is 10.8. The molecule has 1 saturated heterocycles. The Morgan fingerprint density at radius 3 is 2.31 bits per heavy atom. The molecule has 2 aliphatic rings. The van der Waals surface area contributed by atoms with E-state index in [9.17, 15) is 8.42 Å². The molecule has 0 bridgehead atoms. The first kappa shape index (κ1) is 12.3. The Bertz CT molecular complexity index is 323. The largest absolute Gasteiger partial charge is 0.279 e. The lowest BCUT2D eigenvalue weighted by Crippen LogP contribution is -2.47. The number of rotatable bonds is 3. The Morgan fingerprint density at radius 1 is 1.06 bits per heavy atom. The van der Waals surface area contributed by atoms with Gasteiger partial charge in [0.15, 0.2) is 0 Å². The summed E-state index contributed by atoms with van der Waals surface area (Å²) in [5, 5.41) is 0. The van der Waals surface area contributed by atoms with Crippen LogP contribution >= 0.6 is 0 Å². The van der Waals surface area contributed by atoms with E-state index < -0.39 is 10.2 Å². The minimum Gasteiger partial charge on any atom is -0.199 e. The molecule has 16 heavy (non-hydrogen) atoms. The quantitative estimate of drug-likeness (QED) is 0.820. The van der Waals surface area contributed by atoms with E-state index in [0.717, 1.165) is 32.1 Å². The minimum atomic E-state index is -3.21. The standard InChI is InChI=1S/C11H22N2O2S/c1-10-6-2-3-7-11(10)12-16(14,15)13-8-4-5-9-13/h10-12H,2-9H2,1H3. The Kier molecular flexibility index (Phi) is 3.87. The molecule has 0 aromatic carbocycles. The van der Waals surface area contributed by atoms with Crippen molar-refractivity contribution in [3.05, 3.63) is 0 Å². The van der Waals surface area contributed by atoms with Gasteiger partial charge in [-0.1, -0.05) is 19.8 Å². The van der Waals surface area contributed by atoms with Gasteiger partial charge < -0.3 is 0 Å². The van der Waals surface area contributed by atoms with Crippen LogP contribution in [-0.2, 0) is 10.2 Å². The summed E-state index contributed by atoms with van der Waals surface area (Å²) in [6.45, 7) is 3.53. The third-order valence-electron chi connectivity index (χ3n) is 3.82. The first-order valence-electron chi connectivity index (χ1n) is 6.37. The summed E-state index contributed by atoms with van der Waals surface area (Å²) in [6.07, 6.45) is 6.53. The van der Waals surface area contributed by atoms with Crippen LogP contribution in [0.3, 0.4) is 0 Å². The van der Waals surface area contributed by atoms with Gasteiger partial charge in [0, 0.05) is 19.1 Å². The maximum Gasteiger partial charge on any atom is 0.279 e. The van der Waals surface area contributed by atoms with E-state index >= 15 is 0 Å². The normalized spacial score (nSPS) is 33.1. The van der Waals surface area contributed by atoms with E-state index in [1.165, 1.54) is 6.42 Å². The van der Waals surface area contributed by atoms with Crippen LogP contribution in [0.4, 0.5) is 0 Å². The van der Waals surface area contributed by atoms with Crippen LogP contribution in [0, 0.1) is 5.92 Å². The Balaban J connectivity index is 1.96. The molecule has 4 nitrogen and oxygen atoms in total. The molecule has 2 fully saturated rings. The molecular formula is C11H22N2O2S. The number of nitrogens with one attached hydrogen (secondary N) is 1. The van der Waals surface area contributed by atoms with Crippen molar-refractivity contribution in [3.63, 3.8) is 0 Å². The number of hydrogen-bond acceptors (Lipinski definition) is 2. The topological polar surface area (TPSA) is 49.4 Å². The minimum absolute atomic E-state index is 0.152. The molecular weight excluding hydrogens is 224 g/mol. The predicted octanol–water partition coefficient (Wildman–Crippen LogP) is 1.50. The second kappa shape index (κ2) is 5.02. The van der Waals surface area contributed by atoms with Gasteiger partial charge in [-0.2, -0.15) is 17.4 Å². The molecule has 1 saturated carbocycles. The van der Waals surface area contributed by atoms with Gasteiger partial charge in [0.05, 0.1) is 0 Å². The predicted molar refractivity (Wildman–Crippen MR) is 64.3 cm³/mol. The lowest BCUT2D eigenvalue weighted by molar-refractivity contribution is 0.304. The fourth-order valence-electron chi connectivity index (χ4n) is 2.69. The summed E-state index contributed by atoms with van der Waals surface area (Å²) >= 11 is 0. The third kappa shape index (κ3) is 2.76. The molecule has 0 radical (unpaired) electrons. The third-order valence-corrected chi connectivity index (χ3v) is 5.46. The maximum absolute atomic E-state index is 12.1. The fourth-order valence-corrected chi connectivity index (χ4v) is 4.31. The Morgan fingerprint density at radius 2 is 1.69 bits per heavy atom. The van der Waals surface area contributed by atoms with Crippen molar-refractivity contribution >= 4 is 10.2 Å². The van der Waals surface area contributed by atoms with Crippen LogP contribution < -0.4 is 4.72 Å². The van der Waals surface area contributed by atoms with Crippen LogP contribution in [0.1, 0.15) is 45.4 Å². The average Bonchev–Trinajstić information content (AvgIpc) is 2.75. The number of hydrogen-bond donors (Lipinski definition) is 1. The van der Waals surface area contributed by atoms with Crippen molar-refractivity contribution in [2.75, 3.05) is 13.1 Å². The van der Waals surface area contributed by atoms with Gasteiger partial charge in [-0.25, -0.2) is 0 Å². The molecule has 1 aliphatic heterocycles. The van der Waals surface area contributed by atoms with Crippen molar-refractivity contribution in [1.82, 2.24) is 9.03 Å². The molecule has 0 spiro atoms. The second-order valence-corrected chi connectivity index (χ2v) is 6.80. The summed E-state index contributed by atoms with van der Waals surface area (Å²) < 4.78 is 28.6. The Hall–Kier alpha value is -0.130. The second-order valence-electron chi connectivity index (χ2n) is 5.10. The maximum atomic E-state index is 12.1. The van der Waals surface area contributed by atoms with Gasteiger partial charge in [0.25, 0.3) is 10.2 Å². The molecule has 2 atom stereocenters. The smallest absolute Gasteiger partial charge is 0.199 e. The van der Waals surface area contributed by atoms with Crippen molar-refractivity contribution in [3.8, 4) is 0 Å². The van der Waals surface area contributed by atoms with E-state index in [2.05, 4.69) is 11.6 Å². The van der Waals surface area contributed by atoms with E-state index in [1.54, 1.807) is 4.31 Å². The summed E-state index contributed by atoms with van der Waals surface area (Å²) in [5.74, 6) is 0.478. The molecule has 1 aliphatic carbocycles. The average molecular weight is 246 g/mol. The first-order chi connectivity index (χ1) is 7.59.